The van der Waals surface area contributed by atoms with E-state index >= 15 is 0 Å². The largest absolute Gasteiger partial charge is 0.360 e. The Morgan fingerprint density at radius 2 is 2.04 bits per heavy atom. The minimum atomic E-state index is -0.291. The van der Waals surface area contributed by atoms with Crippen LogP contribution in [0.4, 0.5) is 5.69 Å². The topological polar surface area (TPSA) is 84.2 Å². The molecule has 2 N–H and O–H groups in total. The quantitative estimate of drug-likeness (QED) is 0.846. The number of anilines is 1. The maximum atomic E-state index is 11.9. The predicted octanol–water partition coefficient (Wildman–Crippen LogP) is 2.29. The van der Waals surface area contributed by atoms with Crippen molar-refractivity contribution in [2.45, 2.75) is 25.7 Å². The van der Waals surface area contributed by atoms with Crippen LogP contribution >= 0.6 is 0 Å². The van der Waals surface area contributed by atoms with Gasteiger partial charge in [0, 0.05) is 30.2 Å². The molecule has 0 saturated heterocycles. The summed E-state index contributed by atoms with van der Waals surface area (Å²) in [7, 11) is 0. The van der Waals surface area contributed by atoms with Crippen LogP contribution in [0.15, 0.2) is 34.9 Å². The number of nitrogens with zero attached hydrogens (tertiary/aromatic N) is 1. The molecule has 1 heterocycles. The highest BCUT2D eigenvalue weighted by Gasteiger charge is 2.28. The molecule has 1 aliphatic rings. The minimum Gasteiger partial charge on any atom is -0.360 e. The van der Waals surface area contributed by atoms with Crippen LogP contribution < -0.4 is 10.6 Å². The van der Waals surface area contributed by atoms with Crippen molar-refractivity contribution in [3.8, 4) is 11.8 Å². The average molecular weight is 323 g/mol. The molecule has 0 atom stereocenters. The maximum Gasteiger partial charge on any atom is 0.274 e. The van der Waals surface area contributed by atoms with Gasteiger partial charge in [-0.25, -0.2) is 0 Å². The summed E-state index contributed by atoms with van der Waals surface area (Å²) in [5.74, 6) is 6.63. The van der Waals surface area contributed by atoms with E-state index in [0.717, 1.165) is 29.9 Å². The lowest BCUT2D eigenvalue weighted by Crippen LogP contribution is -2.23. The van der Waals surface area contributed by atoms with E-state index in [1.165, 1.54) is 6.92 Å². The molecule has 6 nitrogen and oxygen atoms in total. The molecule has 1 aromatic carbocycles. The summed E-state index contributed by atoms with van der Waals surface area (Å²) in [6.45, 7) is 1.68. The molecule has 24 heavy (non-hydrogen) atoms. The van der Waals surface area contributed by atoms with E-state index in [-0.39, 0.29) is 18.4 Å². The molecule has 2 amide bonds. The zero-order valence-electron chi connectivity index (χ0n) is 13.3. The van der Waals surface area contributed by atoms with E-state index in [1.54, 1.807) is 30.3 Å². The van der Waals surface area contributed by atoms with Crippen molar-refractivity contribution in [3.63, 3.8) is 0 Å². The molecule has 1 saturated carbocycles. The molecule has 0 spiro atoms. The van der Waals surface area contributed by atoms with Gasteiger partial charge in [0.2, 0.25) is 5.91 Å². The van der Waals surface area contributed by atoms with Gasteiger partial charge in [0.25, 0.3) is 5.91 Å². The first kappa shape index (κ1) is 15.8. The van der Waals surface area contributed by atoms with Gasteiger partial charge in [0.05, 0.1) is 6.54 Å². The third-order valence-corrected chi connectivity index (χ3v) is 3.52. The first-order valence-corrected chi connectivity index (χ1v) is 7.73. The molecule has 1 fully saturated rings. The number of nitrogens with one attached hydrogen (secondary N) is 2. The molecule has 2 aromatic rings. The molecule has 6 heteroatoms. The van der Waals surface area contributed by atoms with Gasteiger partial charge < -0.3 is 15.2 Å². The normalized spacial score (nSPS) is 12.9. The van der Waals surface area contributed by atoms with Crippen LogP contribution in [0, 0.1) is 11.8 Å². The van der Waals surface area contributed by atoms with E-state index in [9.17, 15) is 9.59 Å². The Balaban J connectivity index is 1.49. The summed E-state index contributed by atoms with van der Waals surface area (Å²) < 4.78 is 5.15. The Hall–Kier alpha value is -3.07. The van der Waals surface area contributed by atoms with Crippen molar-refractivity contribution >= 4 is 17.5 Å². The van der Waals surface area contributed by atoms with Gasteiger partial charge in [0.1, 0.15) is 5.76 Å². The van der Waals surface area contributed by atoms with Gasteiger partial charge in [-0.05, 0) is 37.1 Å². The highest BCUT2D eigenvalue weighted by Crippen LogP contribution is 2.40. The van der Waals surface area contributed by atoms with Crippen LogP contribution in [-0.4, -0.2) is 23.5 Å². The van der Waals surface area contributed by atoms with Gasteiger partial charge in [-0.3, -0.25) is 9.59 Å². The van der Waals surface area contributed by atoms with Gasteiger partial charge in [-0.2, -0.15) is 0 Å². The van der Waals surface area contributed by atoms with E-state index in [4.69, 9.17) is 4.52 Å². The van der Waals surface area contributed by atoms with E-state index < -0.39 is 0 Å². The molecular weight excluding hydrogens is 306 g/mol. The van der Waals surface area contributed by atoms with Crippen LogP contribution in [0.25, 0.3) is 0 Å². The van der Waals surface area contributed by atoms with Crippen LogP contribution in [-0.2, 0) is 4.79 Å². The summed E-state index contributed by atoms with van der Waals surface area (Å²) in [4.78, 5) is 22.9. The smallest absolute Gasteiger partial charge is 0.274 e. The Labute approximate surface area is 139 Å². The monoisotopic (exact) mass is 323 g/mol. The SMILES string of the molecule is CC(=O)Nc1ccc(C#CCNC(=O)c2cc(C3CC3)on2)cc1. The first-order chi connectivity index (χ1) is 11.6. The lowest BCUT2D eigenvalue weighted by molar-refractivity contribution is -0.114. The summed E-state index contributed by atoms with van der Waals surface area (Å²) in [5, 5.41) is 9.15. The number of carbonyl (C=O) groups is 2. The fraction of sp³-hybridized carbons (Fsp3) is 0.278. The van der Waals surface area contributed by atoms with Gasteiger partial charge in [-0.15, -0.1) is 0 Å². The fourth-order valence-electron chi connectivity index (χ4n) is 2.16. The Kier molecular flexibility index (Phi) is 4.62. The van der Waals surface area contributed by atoms with Crippen LogP contribution in [0.3, 0.4) is 0 Å². The van der Waals surface area contributed by atoms with E-state index in [1.807, 2.05) is 0 Å². The zero-order valence-corrected chi connectivity index (χ0v) is 13.3. The van der Waals surface area contributed by atoms with E-state index in [0.29, 0.717) is 11.6 Å². The van der Waals surface area contributed by atoms with Gasteiger partial charge in [0.15, 0.2) is 5.69 Å². The molecule has 1 aromatic heterocycles. The molecule has 122 valence electrons. The number of aromatic nitrogens is 1. The summed E-state index contributed by atoms with van der Waals surface area (Å²) >= 11 is 0. The average Bonchev–Trinajstić information content (AvgIpc) is 3.29. The number of carbonyl (C=O) groups excluding carboxylic acids is 2. The van der Waals surface area contributed by atoms with Crippen molar-refractivity contribution in [3.05, 3.63) is 47.3 Å². The zero-order chi connectivity index (χ0) is 16.9. The third-order valence-electron chi connectivity index (χ3n) is 3.52. The van der Waals surface area contributed by atoms with Crippen molar-refractivity contribution in [2.24, 2.45) is 0 Å². The number of amides is 2. The highest BCUT2D eigenvalue weighted by molar-refractivity contribution is 5.92. The number of benzene rings is 1. The van der Waals surface area contributed by atoms with Crippen LogP contribution in [0.1, 0.15) is 47.5 Å². The number of rotatable bonds is 4. The van der Waals surface area contributed by atoms with Crippen molar-refractivity contribution in [2.75, 3.05) is 11.9 Å². The Morgan fingerprint density at radius 1 is 1.29 bits per heavy atom. The second-order valence-corrected chi connectivity index (χ2v) is 5.63. The maximum absolute atomic E-state index is 11.9. The van der Waals surface area contributed by atoms with Crippen LogP contribution in [0.5, 0.6) is 0 Å². The fourth-order valence-corrected chi connectivity index (χ4v) is 2.16. The Bertz CT molecular complexity index is 808. The summed E-state index contributed by atoms with van der Waals surface area (Å²) in [5.41, 5.74) is 1.81. The molecule has 0 unspecified atom stereocenters. The van der Waals surface area contributed by atoms with Crippen molar-refractivity contribution in [1.82, 2.24) is 10.5 Å². The van der Waals surface area contributed by atoms with E-state index in [2.05, 4.69) is 27.6 Å². The highest BCUT2D eigenvalue weighted by atomic mass is 16.5. The third kappa shape index (κ3) is 4.23. The summed E-state index contributed by atoms with van der Waals surface area (Å²) in [6.07, 6.45) is 2.20. The number of hydrogen-bond donors (Lipinski definition) is 2. The molecule has 0 radical (unpaired) electrons. The van der Waals surface area contributed by atoms with Gasteiger partial charge >= 0.3 is 0 Å². The molecule has 1 aliphatic carbocycles. The molecular formula is C18H17N3O3. The standard InChI is InChI=1S/C18H17N3O3/c1-12(22)20-15-8-4-13(5-9-15)3-2-10-19-18(23)16-11-17(24-21-16)14-6-7-14/h4-5,8-9,11,14H,6-7,10H2,1H3,(H,19,23)(H,20,22). The lowest BCUT2D eigenvalue weighted by atomic mass is 10.2. The summed E-state index contributed by atoms with van der Waals surface area (Å²) in [6, 6.07) is 8.86. The minimum absolute atomic E-state index is 0.116. The second-order valence-electron chi connectivity index (χ2n) is 5.63. The van der Waals surface area contributed by atoms with Crippen molar-refractivity contribution < 1.29 is 14.1 Å². The molecule has 0 aliphatic heterocycles. The lowest BCUT2D eigenvalue weighted by Gasteiger charge is -2.00. The van der Waals surface area contributed by atoms with Crippen LogP contribution in [0.2, 0.25) is 0 Å². The molecule has 0 bridgehead atoms. The molecule has 3 rings (SSSR count). The van der Waals surface area contributed by atoms with Gasteiger partial charge in [-0.1, -0.05) is 17.0 Å². The number of hydrogen-bond acceptors (Lipinski definition) is 4. The Morgan fingerprint density at radius 3 is 2.71 bits per heavy atom. The first-order valence-electron chi connectivity index (χ1n) is 7.73. The van der Waals surface area contributed by atoms with Crippen molar-refractivity contribution in [1.29, 1.82) is 0 Å². The predicted molar refractivity (Wildman–Crippen MR) is 88.4 cm³/mol. The second kappa shape index (κ2) is 7.01.